The van der Waals surface area contributed by atoms with Crippen molar-refractivity contribution in [3.05, 3.63) is 29.8 Å². The largest absolute Gasteiger partial charge is 0.374 e. The quantitative estimate of drug-likeness (QED) is 0.712. The predicted molar refractivity (Wildman–Crippen MR) is 60.2 cm³/mol. The van der Waals surface area contributed by atoms with Gasteiger partial charge in [-0.25, -0.2) is 0 Å². The van der Waals surface area contributed by atoms with E-state index in [0.29, 0.717) is 0 Å². The van der Waals surface area contributed by atoms with Crippen LogP contribution in [0.1, 0.15) is 18.0 Å². The first-order chi connectivity index (χ1) is 7.20. The van der Waals surface area contributed by atoms with Crippen LogP contribution >= 0.6 is 0 Å². The Morgan fingerprint density at radius 3 is 2.60 bits per heavy atom. The van der Waals surface area contributed by atoms with Crippen molar-refractivity contribution in [1.82, 2.24) is 0 Å². The molecule has 4 nitrogen and oxygen atoms in total. The van der Waals surface area contributed by atoms with Crippen molar-refractivity contribution in [2.24, 2.45) is 5.73 Å². The van der Waals surface area contributed by atoms with Crippen LogP contribution in [0.5, 0.6) is 0 Å². The van der Waals surface area contributed by atoms with Gasteiger partial charge in [-0.15, -0.1) is 0 Å². The Kier molecular flexibility index (Phi) is 4.45. The van der Waals surface area contributed by atoms with E-state index in [2.05, 4.69) is 36.2 Å². The van der Waals surface area contributed by atoms with Crippen LogP contribution in [0.2, 0.25) is 0 Å². The molecule has 0 saturated carbocycles. The summed E-state index contributed by atoms with van der Waals surface area (Å²) in [5, 5.41) is 0. The Morgan fingerprint density at radius 1 is 1.40 bits per heavy atom. The number of hydrogen-bond donors (Lipinski definition) is 1. The highest BCUT2D eigenvalue weighted by molar-refractivity contribution is 7.51. The minimum absolute atomic E-state index is 0.234. The van der Waals surface area contributed by atoms with E-state index in [0.717, 1.165) is 13.0 Å². The van der Waals surface area contributed by atoms with Gasteiger partial charge in [0.05, 0.1) is 0 Å². The predicted octanol–water partition coefficient (Wildman–Crippen LogP) is 0.856. The number of hydrogen-bond acceptors (Lipinski definition) is 4. The van der Waals surface area contributed by atoms with Gasteiger partial charge >= 0.3 is 11.6 Å². The third-order valence-electron chi connectivity index (χ3n) is 2.52. The highest BCUT2D eigenvalue weighted by Gasteiger charge is 2.18. The second-order valence-corrected chi connectivity index (χ2v) is 3.58. The third-order valence-corrected chi connectivity index (χ3v) is 2.52. The molecule has 5 heteroatoms. The summed E-state index contributed by atoms with van der Waals surface area (Å²) >= 11 is -0.750. The summed E-state index contributed by atoms with van der Waals surface area (Å²) in [6.45, 7) is 1.07. The van der Waals surface area contributed by atoms with E-state index < -0.39 is 11.6 Å². The highest BCUT2D eigenvalue weighted by atomic mass is 32.1. The number of anilines is 1. The molecule has 0 bridgehead atoms. The Balaban J connectivity index is 0.000000337. The van der Waals surface area contributed by atoms with Crippen LogP contribution in [-0.4, -0.2) is 22.0 Å². The Morgan fingerprint density at radius 2 is 2.00 bits per heavy atom. The van der Waals surface area contributed by atoms with Gasteiger partial charge in [-0.05, 0) is 18.1 Å². The van der Waals surface area contributed by atoms with Crippen molar-refractivity contribution in [1.29, 1.82) is 0 Å². The fourth-order valence-electron chi connectivity index (χ4n) is 1.76. The maximum absolute atomic E-state index is 8.29. The van der Waals surface area contributed by atoms with Crippen LogP contribution in [0, 0.1) is 0 Å². The zero-order valence-electron chi connectivity index (χ0n) is 8.55. The first-order valence-corrected chi connectivity index (χ1v) is 5.34. The van der Waals surface area contributed by atoms with Crippen molar-refractivity contribution >= 4 is 17.3 Å². The zero-order chi connectivity index (χ0) is 11.3. The molecule has 0 aromatic heterocycles. The molecule has 1 aromatic rings. The van der Waals surface area contributed by atoms with Gasteiger partial charge in [0.2, 0.25) is 0 Å². The molecular weight excluding hydrogens is 212 g/mol. The molecule has 1 unspecified atom stereocenters. The van der Waals surface area contributed by atoms with Crippen LogP contribution < -0.4 is 10.6 Å². The van der Waals surface area contributed by atoms with E-state index in [4.69, 9.17) is 14.2 Å². The highest BCUT2D eigenvalue weighted by Crippen LogP contribution is 2.30. The molecule has 82 valence electrons. The fourth-order valence-corrected chi connectivity index (χ4v) is 1.76. The first kappa shape index (κ1) is 11.9. The number of nitrogens with two attached hydrogens (primary N) is 1. The molecule has 0 fully saturated rings. The van der Waals surface area contributed by atoms with Gasteiger partial charge < -0.3 is 10.6 Å². The Bertz CT molecular complexity index is 335. The molecular formula is C10H14N2O2S. The maximum Gasteiger partial charge on any atom is 0.335 e. The molecule has 1 aromatic carbocycles. The smallest absolute Gasteiger partial charge is 0.335 e. The van der Waals surface area contributed by atoms with Crippen molar-refractivity contribution in [2.45, 2.75) is 12.5 Å². The van der Waals surface area contributed by atoms with Crippen molar-refractivity contribution < 1.29 is 8.42 Å². The van der Waals surface area contributed by atoms with Crippen LogP contribution in [0.3, 0.4) is 0 Å². The SMILES string of the molecule is CN1CCC(N)c2ccccc21.O=S=O. The van der Waals surface area contributed by atoms with Crippen molar-refractivity contribution in [3.8, 4) is 0 Å². The van der Waals surface area contributed by atoms with Crippen LogP contribution in [0.15, 0.2) is 24.3 Å². The summed E-state index contributed by atoms with van der Waals surface area (Å²) in [5.41, 5.74) is 8.55. The normalized spacial score (nSPS) is 18.5. The Labute approximate surface area is 92.7 Å². The van der Waals surface area contributed by atoms with Gasteiger partial charge in [0.1, 0.15) is 0 Å². The summed E-state index contributed by atoms with van der Waals surface area (Å²) in [5.74, 6) is 0. The standard InChI is InChI=1S/C10H14N2.O2S/c1-12-7-6-9(11)8-4-2-3-5-10(8)12;1-3-2/h2-5,9H,6-7,11H2,1H3;. The topological polar surface area (TPSA) is 63.4 Å². The minimum Gasteiger partial charge on any atom is -0.374 e. The molecule has 0 aliphatic carbocycles. The zero-order valence-corrected chi connectivity index (χ0v) is 9.37. The molecule has 0 spiro atoms. The molecule has 0 amide bonds. The first-order valence-electron chi connectivity index (χ1n) is 4.68. The molecule has 1 aliphatic heterocycles. The fraction of sp³-hybridized carbons (Fsp3) is 0.400. The summed E-state index contributed by atoms with van der Waals surface area (Å²) < 4.78 is 16.6. The van der Waals surface area contributed by atoms with E-state index in [1.54, 1.807) is 0 Å². The lowest BCUT2D eigenvalue weighted by molar-refractivity contribution is 0.614. The summed E-state index contributed by atoms with van der Waals surface area (Å²) in [4.78, 5) is 2.26. The number of nitrogens with zero attached hydrogens (tertiary/aromatic N) is 1. The Hall–Kier alpha value is -1.20. The summed E-state index contributed by atoms with van der Waals surface area (Å²) in [6, 6.07) is 8.60. The monoisotopic (exact) mass is 226 g/mol. The summed E-state index contributed by atoms with van der Waals surface area (Å²) in [7, 11) is 2.12. The molecule has 1 aliphatic rings. The molecule has 2 rings (SSSR count). The number of fused-ring (bicyclic) bond motifs is 1. The number of benzene rings is 1. The lowest BCUT2D eigenvalue weighted by Crippen LogP contribution is -2.30. The van der Waals surface area contributed by atoms with E-state index in [-0.39, 0.29) is 6.04 Å². The van der Waals surface area contributed by atoms with Crippen LogP contribution in [0.4, 0.5) is 5.69 Å². The van der Waals surface area contributed by atoms with Gasteiger partial charge in [-0.2, -0.15) is 8.42 Å². The second kappa shape index (κ2) is 5.63. The molecule has 0 radical (unpaired) electrons. The second-order valence-electron chi connectivity index (χ2n) is 3.44. The molecule has 0 saturated heterocycles. The number of para-hydroxylation sites is 1. The van der Waals surface area contributed by atoms with Gasteiger partial charge in [0, 0.05) is 25.3 Å². The lowest BCUT2D eigenvalue weighted by atomic mass is 9.98. The number of rotatable bonds is 0. The molecule has 15 heavy (non-hydrogen) atoms. The van der Waals surface area contributed by atoms with Gasteiger partial charge in [0.25, 0.3) is 0 Å². The molecule has 1 atom stereocenters. The summed E-state index contributed by atoms with van der Waals surface area (Å²) in [6.07, 6.45) is 1.06. The van der Waals surface area contributed by atoms with Crippen molar-refractivity contribution in [2.75, 3.05) is 18.5 Å². The average Bonchev–Trinajstić information content (AvgIpc) is 2.25. The van der Waals surface area contributed by atoms with Gasteiger partial charge in [-0.1, -0.05) is 18.2 Å². The van der Waals surface area contributed by atoms with E-state index in [1.807, 2.05) is 0 Å². The molecule has 1 heterocycles. The van der Waals surface area contributed by atoms with Crippen LogP contribution in [0.25, 0.3) is 0 Å². The molecule has 2 N–H and O–H groups in total. The maximum atomic E-state index is 8.29. The average molecular weight is 226 g/mol. The minimum atomic E-state index is -0.750. The van der Waals surface area contributed by atoms with Crippen LogP contribution in [-0.2, 0) is 11.6 Å². The third kappa shape index (κ3) is 2.87. The van der Waals surface area contributed by atoms with Gasteiger partial charge in [0.15, 0.2) is 0 Å². The lowest BCUT2D eigenvalue weighted by Gasteiger charge is -2.31. The van der Waals surface area contributed by atoms with Gasteiger partial charge in [-0.3, -0.25) is 0 Å². The van der Waals surface area contributed by atoms with E-state index >= 15 is 0 Å². The van der Waals surface area contributed by atoms with Crippen molar-refractivity contribution in [3.63, 3.8) is 0 Å². The van der Waals surface area contributed by atoms with E-state index in [9.17, 15) is 0 Å². The van der Waals surface area contributed by atoms with E-state index in [1.165, 1.54) is 11.3 Å².